The van der Waals surface area contributed by atoms with Crippen LogP contribution in [0.3, 0.4) is 0 Å². The predicted molar refractivity (Wildman–Crippen MR) is 43.9 cm³/mol. The smallest absolute Gasteiger partial charge is 0.118 e. The molecule has 0 aromatic carbocycles. The van der Waals surface area contributed by atoms with Gasteiger partial charge in [-0.05, 0) is 19.1 Å². The molecule has 0 bridgehead atoms. The summed E-state index contributed by atoms with van der Waals surface area (Å²) in [5.74, 6) is 0.819. The Bertz CT molecular complexity index is 136. The molecule has 0 radical (unpaired) electrons. The third kappa shape index (κ3) is 3.99. The van der Waals surface area contributed by atoms with Crippen molar-refractivity contribution >= 4 is 9.47 Å². The van der Waals surface area contributed by atoms with Crippen LogP contribution in [0.5, 0.6) is 0 Å². The van der Waals surface area contributed by atoms with E-state index >= 15 is 0 Å². The van der Waals surface area contributed by atoms with Gasteiger partial charge in [0.05, 0.1) is 9.47 Å². The first-order valence-electron chi connectivity index (χ1n) is 2.67. The van der Waals surface area contributed by atoms with Crippen molar-refractivity contribution in [1.82, 2.24) is 0 Å². The van der Waals surface area contributed by atoms with E-state index in [4.69, 9.17) is 4.52 Å². The van der Waals surface area contributed by atoms with Crippen molar-refractivity contribution in [3.05, 3.63) is 36.6 Å². The molecule has 0 aromatic rings. The molecule has 1 atom stereocenters. The molecule has 9 heavy (non-hydrogen) atoms. The van der Waals surface area contributed by atoms with E-state index in [9.17, 15) is 0 Å². The van der Waals surface area contributed by atoms with Crippen LogP contribution in [0.1, 0.15) is 6.92 Å². The molecule has 0 rings (SSSR count). The molecule has 0 aliphatic rings. The summed E-state index contributed by atoms with van der Waals surface area (Å²) in [5.41, 5.74) is 0. The summed E-state index contributed by atoms with van der Waals surface area (Å²) < 4.78 is 4.84. The van der Waals surface area contributed by atoms with Crippen LogP contribution in [0.25, 0.3) is 0 Å². The van der Waals surface area contributed by atoms with Crippen molar-refractivity contribution in [3.63, 3.8) is 0 Å². The molecule has 0 aliphatic carbocycles. The monoisotopic (exact) mass is 142 g/mol. The van der Waals surface area contributed by atoms with E-state index in [-0.39, 0.29) is 0 Å². The molecular formula is C7H11OP. The van der Waals surface area contributed by atoms with Crippen molar-refractivity contribution in [1.29, 1.82) is 0 Å². The Hall–Kier alpha value is -0.550. The van der Waals surface area contributed by atoms with Gasteiger partial charge in [0, 0.05) is 0 Å². The third-order valence-corrected chi connectivity index (χ3v) is 1.09. The van der Waals surface area contributed by atoms with Crippen molar-refractivity contribution < 1.29 is 4.52 Å². The Morgan fingerprint density at radius 3 is 2.67 bits per heavy atom. The fourth-order valence-electron chi connectivity index (χ4n) is 0.366. The summed E-state index contributed by atoms with van der Waals surface area (Å²) in [6.07, 6.45) is 7.22. The zero-order chi connectivity index (χ0) is 7.11. The van der Waals surface area contributed by atoms with E-state index in [0.717, 1.165) is 5.76 Å². The Kier molecular flexibility index (Phi) is 5.24. The third-order valence-electron chi connectivity index (χ3n) is 0.817. The molecule has 0 saturated carbocycles. The minimum Gasteiger partial charge on any atom is -0.481 e. The lowest BCUT2D eigenvalue weighted by molar-refractivity contribution is 0.519. The van der Waals surface area contributed by atoms with E-state index in [2.05, 4.69) is 16.0 Å². The highest BCUT2D eigenvalue weighted by Crippen LogP contribution is 2.03. The maximum atomic E-state index is 4.84. The lowest BCUT2D eigenvalue weighted by Gasteiger charge is -1.94. The average Bonchev–Trinajstić information content (AvgIpc) is 1.91. The van der Waals surface area contributed by atoms with E-state index in [1.54, 1.807) is 6.08 Å². The molecule has 1 nitrogen and oxygen atoms in total. The van der Waals surface area contributed by atoms with E-state index < -0.39 is 0 Å². The van der Waals surface area contributed by atoms with Crippen LogP contribution < -0.4 is 0 Å². The van der Waals surface area contributed by atoms with Crippen LogP contribution >= 0.6 is 9.47 Å². The van der Waals surface area contributed by atoms with Gasteiger partial charge in [-0.15, -0.1) is 0 Å². The summed E-state index contributed by atoms with van der Waals surface area (Å²) in [4.78, 5) is 0. The molecular weight excluding hydrogens is 131 g/mol. The normalized spacial score (nSPS) is 12.0. The van der Waals surface area contributed by atoms with Crippen LogP contribution in [-0.4, -0.2) is 0 Å². The Labute approximate surface area is 58.4 Å². The zero-order valence-corrected chi connectivity index (χ0v) is 6.66. The average molecular weight is 142 g/mol. The minimum atomic E-state index is 0.819. The number of hydrogen-bond acceptors (Lipinski definition) is 1. The second-order valence-electron chi connectivity index (χ2n) is 1.40. The number of hydrogen-bond donors (Lipinski definition) is 0. The van der Waals surface area contributed by atoms with Crippen molar-refractivity contribution in [2.75, 3.05) is 0 Å². The molecule has 0 N–H and O–H groups in total. The van der Waals surface area contributed by atoms with E-state index in [0.29, 0.717) is 0 Å². The van der Waals surface area contributed by atoms with Gasteiger partial charge in [0.2, 0.25) is 0 Å². The lowest BCUT2D eigenvalue weighted by atomic mass is 10.4. The predicted octanol–water partition coefficient (Wildman–Crippen LogP) is 2.44. The first kappa shape index (κ1) is 8.45. The van der Waals surface area contributed by atoms with Crippen molar-refractivity contribution in [2.45, 2.75) is 6.92 Å². The summed E-state index contributed by atoms with van der Waals surface area (Å²) in [5, 5.41) is 0. The molecule has 0 fully saturated rings. The molecule has 0 aromatic heterocycles. The van der Waals surface area contributed by atoms with E-state index in [1.165, 1.54) is 0 Å². The van der Waals surface area contributed by atoms with Crippen LogP contribution in [0.15, 0.2) is 36.6 Å². The first-order valence-corrected chi connectivity index (χ1v) is 3.14. The first-order chi connectivity index (χ1) is 4.35. The molecule has 50 valence electrons. The highest BCUT2D eigenvalue weighted by atomic mass is 31.0. The molecule has 1 unspecified atom stereocenters. The van der Waals surface area contributed by atoms with E-state index in [1.807, 2.05) is 25.2 Å². The summed E-state index contributed by atoms with van der Waals surface area (Å²) in [6, 6.07) is 0. The Morgan fingerprint density at radius 2 is 2.33 bits per heavy atom. The standard InChI is InChI=1S/C7H11OP/c1-3-5-6-7(4-2)8-9/h3-6H,1,9H2,2H3/b6-5-,7-4+. The lowest BCUT2D eigenvalue weighted by Crippen LogP contribution is -1.71. The van der Waals surface area contributed by atoms with Crippen LogP contribution in [-0.2, 0) is 4.52 Å². The van der Waals surface area contributed by atoms with Gasteiger partial charge >= 0.3 is 0 Å². The van der Waals surface area contributed by atoms with Crippen LogP contribution in [0.2, 0.25) is 0 Å². The Morgan fingerprint density at radius 1 is 1.67 bits per heavy atom. The Balaban J connectivity index is 3.84. The van der Waals surface area contributed by atoms with Gasteiger partial charge in [-0.1, -0.05) is 18.7 Å². The molecule has 0 heterocycles. The quantitative estimate of drug-likeness (QED) is 0.334. The van der Waals surface area contributed by atoms with Crippen LogP contribution in [0.4, 0.5) is 0 Å². The molecule has 0 spiro atoms. The molecule has 0 amide bonds. The van der Waals surface area contributed by atoms with Gasteiger partial charge in [0.25, 0.3) is 0 Å². The maximum Gasteiger partial charge on any atom is 0.118 e. The zero-order valence-electron chi connectivity index (χ0n) is 5.50. The van der Waals surface area contributed by atoms with Gasteiger partial charge in [0.15, 0.2) is 0 Å². The fourth-order valence-corrected chi connectivity index (χ4v) is 0.581. The second kappa shape index (κ2) is 5.58. The number of rotatable bonds is 3. The minimum absolute atomic E-state index is 0.819. The number of allylic oxidation sites excluding steroid dienone is 4. The second-order valence-corrected chi connectivity index (χ2v) is 1.64. The maximum absolute atomic E-state index is 4.84. The SMILES string of the molecule is C=C/C=C\C(=C/C)OP. The van der Waals surface area contributed by atoms with Gasteiger partial charge in [-0.25, -0.2) is 0 Å². The van der Waals surface area contributed by atoms with Gasteiger partial charge in [-0.2, -0.15) is 0 Å². The molecule has 2 heteroatoms. The highest BCUT2D eigenvalue weighted by Gasteiger charge is 1.80. The topological polar surface area (TPSA) is 9.23 Å². The largest absolute Gasteiger partial charge is 0.481 e. The van der Waals surface area contributed by atoms with Crippen molar-refractivity contribution in [3.8, 4) is 0 Å². The highest BCUT2D eigenvalue weighted by molar-refractivity contribution is 7.10. The fraction of sp³-hybridized carbons (Fsp3) is 0.143. The van der Waals surface area contributed by atoms with Gasteiger partial charge < -0.3 is 4.52 Å². The molecule has 0 saturated heterocycles. The van der Waals surface area contributed by atoms with Gasteiger partial charge in [0.1, 0.15) is 5.76 Å². The van der Waals surface area contributed by atoms with Crippen LogP contribution in [0, 0.1) is 0 Å². The van der Waals surface area contributed by atoms with Gasteiger partial charge in [-0.3, -0.25) is 0 Å². The van der Waals surface area contributed by atoms with Crippen molar-refractivity contribution in [2.24, 2.45) is 0 Å². The summed E-state index contributed by atoms with van der Waals surface area (Å²) in [7, 11) is 2.18. The summed E-state index contributed by atoms with van der Waals surface area (Å²) in [6.45, 7) is 5.43. The molecule has 0 aliphatic heterocycles. The summed E-state index contributed by atoms with van der Waals surface area (Å²) >= 11 is 0.